The molecular formula is C21H23ClN4O3. The standard InChI is InChI=1S/C21H23ClN4O3/c1-12(2)26-20-16(11-23-26)15(9-13(3)24-20)21(28)25-18(10-19(27)29-4)14-7-5-6-8-17(14)22/h5-9,11-12,18H,10H2,1-4H3,(H,25,28)/t18-/m1/s1. The van der Waals surface area contributed by atoms with Gasteiger partial charge in [0.05, 0.1) is 36.7 Å². The van der Waals surface area contributed by atoms with Crippen LogP contribution in [0.5, 0.6) is 0 Å². The van der Waals surface area contributed by atoms with Crippen LogP contribution in [0, 0.1) is 6.92 Å². The van der Waals surface area contributed by atoms with Crippen molar-refractivity contribution < 1.29 is 14.3 Å². The van der Waals surface area contributed by atoms with Gasteiger partial charge in [0, 0.05) is 16.8 Å². The summed E-state index contributed by atoms with van der Waals surface area (Å²) in [6.45, 7) is 5.83. The van der Waals surface area contributed by atoms with Crippen molar-refractivity contribution in [2.45, 2.75) is 39.3 Å². The van der Waals surface area contributed by atoms with Crippen LogP contribution in [0.1, 0.15) is 54.0 Å². The molecular weight excluding hydrogens is 392 g/mol. The second-order valence-corrected chi connectivity index (χ2v) is 7.47. The van der Waals surface area contributed by atoms with E-state index in [0.717, 1.165) is 0 Å². The Morgan fingerprint density at radius 1 is 1.28 bits per heavy atom. The molecule has 0 unspecified atom stereocenters. The molecule has 0 fully saturated rings. The Balaban J connectivity index is 2.00. The number of fused-ring (bicyclic) bond motifs is 1. The van der Waals surface area contributed by atoms with Gasteiger partial charge in [-0.05, 0) is 38.5 Å². The fourth-order valence-corrected chi connectivity index (χ4v) is 3.46. The Hall–Kier alpha value is -2.93. The van der Waals surface area contributed by atoms with Crippen LogP contribution in [0.3, 0.4) is 0 Å². The highest BCUT2D eigenvalue weighted by atomic mass is 35.5. The molecule has 1 N–H and O–H groups in total. The SMILES string of the molecule is COC(=O)C[C@@H](NC(=O)c1cc(C)nc2c1cnn2C(C)C)c1ccccc1Cl. The van der Waals surface area contributed by atoms with E-state index in [4.69, 9.17) is 16.3 Å². The molecule has 1 atom stereocenters. The minimum Gasteiger partial charge on any atom is -0.469 e. The Labute approximate surface area is 174 Å². The maximum Gasteiger partial charge on any atom is 0.307 e. The van der Waals surface area contributed by atoms with Crippen LogP contribution in [0.15, 0.2) is 36.5 Å². The average Bonchev–Trinajstić information content (AvgIpc) is 3.10. The van der Waals surface area contributed by atoms with Crippen molar-refractivity contribution in [1.29, 1.82) is 0 Å². The van der Waals surface area contributed by atoms with E-state index in [-0.39, 0.29) is 18.4 Å². The molecule has 0 aliphatic heterocycles. The maximum atomic E-state index is 13.2. The van der Waals surface area contributed by atoms with E-state index in [2.05, 4.69) is 15.4 Å². The van der Waals surface area contributed by atoms with Crippen LogP contribution in [0.4, 0.5) is 0 Å². The van der Waals surface area contributed by atoms with Crippen LogP contribution in [-0.2, 0) is 9.53 Å². The first-order chi connectivity index (χ1) is 13.8. The Bertz CT molecular complexity index is 1060. The number of nitrogens with zero attached hydrogens (tertiary/aromatic N) is 3. The van der Waals surface area contributed by atoms with Gasteiger partial charge in [0.25, 0.3) is 5.91 Å². The lowest BCUT2D eigenvalue weighted by Gasteiger charge is -2.20. The fourth-order valence-electron chi connectivity index (χ4n) is 3.19. The third-order valence-corrected chi connectivity index (χ3v) is 4.96. The second-order valence-electron chi connectivity index (χ2n) is 7.06. The number of aryl methyl sites for hydroxylation is 1. The molecule has 3 rings (SSSR count). The van der Waals surface area contributed by atoms with E-state index in [9.17, 15) is 9.59 Å². The first-order valence-corrected chi connectivity index (χ1v) is 9.66. The highest BCUT2D eigenvalue weighted by Crippen LogP contribution is 2.27. The number of halogens is 1. The molecule has 3 aromatic rings. The van der Waals surface area contributed by atoms with Crippen molar-refractivity contribution in [1.82, 2.24) is 20.1 Å². The third-order valence-electron chi connectivity index (χ3n) is 4.61. The summed E-state index contributed by atoms with van der Waals surface area (Å²) in [7, 11) is 1.31. The lowest BCUT2D eigenvalue weighted by Crippen LogP contribution is -2.31. The third kappa shape index (κ3) is 4.40. The van der Waals surface area contributed by atoms with Gasteiger partial charge in [-0.2, -0.15) is 5.10 Å². The number of benzene rings is 1. The predicted molar refractivity (Wildman–Crippen MR) is 111 cm³/mol. The topological polar surface area (TPSA) is 86.1 Å². The molecule has 8 heteroatoms. The number of methoxy groups -OCH3 is 1. The van der Waals surface area contributed by atoms with Crippen LogP contribution in [0.2, 0.25) is 5.02 Å². The van der Waals surface area contributed by atoms with E-state index in [1.165, 1.54) is 7.11 Å². The lowest BCUT2D eigenvalue weighted by atomic mass is 10.0. The van der Waals surface area contributed by atoms with Crippen molar-refractivity contribution in [2.75, 3.05) is 7.11 Å². The molecule has 2 heterocycles. The number of hydrogen-bond acceptors (Lipinski definition) is 5. The van der Waals surface area contributed by atoms with Gasteiger partial charge in [0.15, 0.2) is 5.65 Å². The maximum absolute atomic E-state index is 13.2. The van der Waals surface area contributed by atoms with Crippen molar-refractivity contribution in [2.24, 2.45) is 0 Å². The van der Waals surface area contributed by atoms with Gasteiger partial charge in [0.1, 0.15) is 0 Å². The lowest BCUT2D eigenvalue weighted by molar-refractivity contribution is -0.141. The largest absolute Gasteiger partial charge is 0.469 e. The van der Waals surface area contributed by atoms with Gasteiger partial charge in [-0.25, -0.2) is 9.67 Å². The predicted octanol–water partition coefficient (Wildman–Crippen LogP) is 4.01. The van der Waals surface area contributed by atoms with Gasteiger partial charge in [-0.1, -0.05) is 29.8 Å². The molecule has 152 valence electrons. The quantitative estimate of drug-likeness (QED) is 0.616. The number of ether oxygens (including phenoxy) is 1. The molecule has 0 saturated heterocycles. The summed E-state index contributed by atoms with van der Waals surface area (Å²) in [5.74, 6) is -0.781. The monoisotopic (exact) mass is 414 g/mol. The summed E-state index contributed by atoms with van der Waals surface area (Å²) in [6.07, 6.45) is 1.60. The summed E-state index contributed by atoms with van der Waals surface area (Å²) in [5, 5.41) is 8.41. The van der Waals surface area contributed by atoms with Crippen LogP contribution in [-0.4, -0.2) is 33.8 Å². The zero-order valence-electron chi connectivity index (χ0n) is 16.8. The number of carbonyl (C=O) groups excluding carboxylic acids is 2. The summed E-state index contributed by atoms with van der Waals surface area (Å²) >= 11 is 6.31. The number of aromatic nitrogens is 3. The van der Waals surface area contributed by atoms with E-state index < -0.39 is 12.0 Å². The number of amides is 1. The Morgan fingerprint density at radius 3 is 2.66 bits per heavy atom. The molecule has 29 heavy (non-hydrogen) atoms. The van der Waals surface area contributed by atoms with Crippen molar-refractivity contribution in [3.05, 3.63) is 58.4 Å². The number of pyridine rings is 1. The molecule has 0 radical (unpaired) electrons. The second kappa shape index (κ2) is 8.61. The zero-order valence-corrected chi connectivity index (χ0v) is 17.5. The number of esters is 1. The van der Waals surface area contributed by atoms with Gasteiger partial charge in [-0.3, -0.25) is 9.59 Å². The summed E-state index contributed by atoms with van der Waals surface area (Å²) in [6, 6.07) is 8.28. The minimum atomic E-state index is -0.632. The molecule has 0 spiro atoms. The molecule has 0 aliphatic rings. The molecule has 1 amide bonds. The van der Waals surface area contributed by atoms with Crippen molar-refractivity contribution in [3.8, 4) is 0 Å². The normalized spacial score (nSPS) is 12.2. The van der Waals surface area contributed by atoms with Crippen LogP contribution >= 0.6 is 11.6 Å². The minimum absolute atomic E-state index is 0.0373. The molecule has 0 saturated carbocycles. The number of rotatable bonds is 6. The smallest absolute Gasteiger partial charge is 0.307 e. The first kappa shape index (κ1) is 20.8. The van der Waals surface area contributed by atoms with Gasteiger partial charge < -0.3 is 10.1 Å². The molecule has 0 bridgehead atoms. The van der Waals surface area contributed by atoms with E-state index in [1.807, 2.05) is 20.8 Å². The van der Waals surface area contributed by atoms with E-state index in [1.54, 1.807) is 41.2 Å². The first-order valence-electron chi connectivity index (χ1n) is 9.28. The van der Waals surface area contributed by atoms with Crippen LogP contribution in [0.25, 0.3) is 11.0 Å². The number of nitrogens with one attached hydrogen (secondary N) is 1. The number of carbonyl (C=O) groups is 2. The summed E-state index contributed by atoms with van der Waals surface area (Å²) in [5.41, 5.74) is 2.44. The average molecular weight is 415 g/mol. The molecule has 0 aliphatic carbocycles. The Morgan fingerprint density at radius 2 is 2.00 bits per heavy atom. The molecule has 2 aromatic heterocycles. The van der Waals surface area contributed by atoms with Gasteiger partial charge >= 0.3 is 5.97 Å². The van der Waals surface area contributed by atoms with Crippen LogP contribution < -0.4 is 5.32 Å². The van der Waals surface area contributed by atoms with Gasteiger partial charge in [-0.15, -0.1) is 0 Å². The van der Waals surface area contributed by atoms with E-state index in [0.29, 0.717) is 32.9 Å². The van der Waals surface area contributed by atoms with Gasteiger partial charge in [0.2, 0.25) is 0 Å². The number of hydrogen-bond donors (Lipinski definition) is 1. The fraction of sp³-hybridized carbons (Fsp3) is 0.333. The molecule has 1 aromatic carbocycles. The zero-order chi connectivity index (χ0) is 21.1. The molecule has 7 nitrogen and oxygen atoms in total. The van der Waals surface area contributed by atoms with Crippen molar-refractivity contribution in [3.63, 3.8) is 0 Å². The van der Waals surface area contributed by atoms with Crippen molar-refractivity contribution >= 4 is 34.5 Å². The highest BCUT2D eigenvalue weighted by Gasteiger charge is 2.24. The highest BCUT2D eigenvalue weighted by molar-refractivity contribution is 6.31. The summed E-state index contributed by atoms with van der Waals surface area (Å²) in [4.78, 5) is 29.7. The van der Waals surface area contributed by atoms with E-state index >= 15 is 0 Å². The Kier molecular flexibility index (Phi) is 6.17. The summed E-state index contributed by atoms with van der Waals surface area (Å²) < 4.78 is 6.57.